The number of fused-ring (bicyclic) bond motifs is 1. The minimum atomic E-state index is 0.464. The van der Waals surface area contributed by atoms with Gasteiger partial charge in [-0.25, -0.2) is 4.98 Å². The monoisotopic (exact) mass is 312 g/mol. The summed E-state index contributed by atoms with van der Waals surface area (Å²) in [5.74, 6) is 1.45. The lowest BCUT2D eigenvalue weighted by molar-refractivity contribution is 0.362. The molecule has 4 nitrogen and oxygen atoms in total. The van der Waals surface area contributed by atoms with Crippen LogP contribution in [0.5, 0.6) is 0 Å². The van der Waals surface area contributed by atoms with Gasteiger partial charge in [0.1, 0.15) is 11.3 Å². The fourth-order valence-corrected chi connectivity index (χ4v) is 4.59. The molecule has 20 heavy (non-hydrogen) atoms. The summed E-state index contributed by atoms with van der Waals surface area (Å²) in [6.07, 6.45) is 7.33. The Hall–Kier alpha value is -0.680. The summed E-state index contributed by atoms with van der Waals surface area (Å²) < 4.78 is 4.32. The van der Waals surface area contributed by atoms with E-state index in [1.807, 2.05) is 30.4 Å². The summed E-state index contributed by atoms with van der Waals surface area (Å²) in [4.78, 5) is 4.73. The number of aryl methyl sites for hydroxylation is 2. The average molecular weight is 313 g/mol. The van der Waals surface area contributed by atoms with Crippen LogP contribution in [0, 0.1) is 6.92 Å². The van der Waals surface area contributed by atoms with Crippen LogP contribution in [0.3, 0.4) is 0 Å². The maximum absolute atomic E-state index is 6.16. The standard InChI is InChI=1S/C14H21ClN4S/c1-9-13-14(18(2)17-9)19(12(8-15)16-13)10-6-4-5-7-11(10)20-3/h10-11H,4-8H2,1-3H3. The molecule has 110 valence electrons. The summed E-state index contributed by atoms with van der Waals surface area (Å²) >= 11 is 8.13. The van der Waals surface area contributed by atoms with Crippen LogP contribution >= 0.6 is 23.4 Å². The molecule has 2 aromatic rings. The van der Waals surface area contributed by atoms with Crippen molar-refractivity contribution in [3.8, 4) is 0 Å². The van der Waals surface area contributed by atoms with Crippen molar-refractivity contribution >= 4 is 34.5 Å². The number of halogens is 1. The Balaban J connectivity index is 2.17. The molecule has 1 fully saturated rings. The van der Waals surface area contributed by atoms with Gasteiger partial charge in [0.05, 0.1) is 11.6 Å². The Morgan fingerprint density at radius 2 is 2.10 bits per heavy atom. The topological polar surface area (TPSA) is 35.6 Å². The first-order valence-corrected chi connectivity index (χ1v) is 8.98. The first-order chi connectivity index (χ1) is 9.67. The lowest BCUT2D eigenvalue weighted by Gasteiger charge is -2.32. The van der Waals surface area contributed by atoms with Crippen molar-refractivity contribution in [3.05, 3.63) is 11.5 Å². The highest BCUT2D eigenvalue weighted by atomic mass is 35.5. The number of imidazole rings is 1. The normalized spacial score (nSPS) is 23.6. The Kier molecular flexibility index (Phi) is 4.00. The highest BCUT2D eigenvalue weighted by Gasteiger charge is 2.30. The number of hydrogen-bond donors (Lipinski definition) is 0. The molecule has 1 saturated carbocycles. The third-order valence-corrected chi connectivity index (χ3v) is 5.72. The molecule has 1 aliphatic carbocycles. The average Bonchev–Trinajstić information content (AvgIpc) is 2.97. The Labute approximate surface area is 128 Å². The molecule has 0 amide bonds. The Morgan fingerprint density at radius 1 is 1.35 bits per heavy atom. The lowest BCUT2D eigenvalue weighted by atomic mass is 9.94. The molecule has 0 radical (unpaired) electrons. The van der Waals surface area contributed by atoms with Crippen LogP contribution in [0.15, 0.2) is 0 Å². The minimum absolute atomic E-state index is 0.464. The van der Waals surface area contributed by atoms with Crippen LogP contribution < -0.4 is 0 Å². The number of nitrogens with zero attached hydrogens (tertiary/aromatic N) is 4. The molecule has 0 N–H and O–H groups in total. The van der Waals surface area contributed by atoms with Crippen molar-refractivity contribution in [2.75, 3.05) is 6.26 Å². The smallest absolute Gasteiger partial charge is 0.158 e. The van der Waals surface area contributed by atoms with Crippen molar-refractivity contribution in [3.63, 3.8) is 0 Å². The highest BCUT2D eigenvalue weighted by molar-refractivity contribution is 7.99. The molecule has 2 atom stereocenters. The first-order valence-electron chi connectivity index (χ1n) is 7.16. The summed E-state index contributed by atoms with van der Waals surface area (Å²) in [6.45, 7) is 2.02. The van der Waals surface area contributed by atoms with E-state index in [-0.39, 0.29) is 0 Å². The molecule has 2 aromatic heterocycles. The van der Waals surface area contributed by atoms with Gasteiger partial charge in [-0.2, -0.15) is 16.9 Å². The zero-order valence-electron chi connectivity index (χ0n) is 12.3. The molecule has 0 aromatic carbocycles. The summed E-state index contributed by atoms with van der Waals surface area (Å²) in [5, 5.41) is 5.17. The van der Waals surface area contributed by atoms with Gasteiger partial charge in [0, 0.05) is 18.3 Å². The minimum Gasteiger partial charge on any atom is -0.308 e. The van der Waals surface area contributed by atoms with Gasteiger partial charge in [0.15, 0.2) is 5.65 Å². The molecule has 1 aliphatic rings. The Bertz CT molecular complexity index is 618. The van der Waals surface area contributed by atoms with E-state index in [1.54, 1.807) is 0 Å². The molecule has 2 unspecified atom stereocenters. The van der Waals surface area contributed by atoms with E-state index in [0.29, 0.717) is 17.2 Å². The summed E-state index contributed by atoms with van der Waals surface area (Å²) in [6, 6.07) is 0.493. The third-order valence-electron chi connectivity index (χ3n) is 4.33. The predicted molar refractivity (Wildman–Crippen MR) is 85.6 cm³/mol. The van der Waals surface area contributed by atoms with Crippen LogP contribution in [0.4, 0.5) is 0 Å². The zero-order valence-corrected chi connectivity index (χ0v) is 13.8. The van der Waals surface area contributed by atoms with Gasteiger partial charge in [-0.15, -0.1) is 11.6 Å². The molecule has 0 aliphatic heterocycles. The maximum Gasteiger partial charge on any atom is 0.158 e. The number of alkyl halides is 1. The van der Waals surface area contributed by atoms with Gasteiger partial charge in [-0.1, -0.05) is 12.8 Å². The van der Waals surface area contributed by atoms with Crippen molar-refractivity contribution in [1.82, 2.24) is 19.3 Å². The van der Waals surface area contributed by atoms with Gasteiger partial charge < -0.3 is 4.57 Å². The first kappa shape index (κ1) is 14.3. The van der Waals surface area contributed by atoms with Crippen molar-refractivity contribution in [2.45, 2.75) is 49.8 Å². The van der Waals surface area contributed by atoms with Gasteiger partial charge >= 0.3 is 0 Å². The van der Waals surface area contributed by atoms with E-state index in [4.69, 9.17) is 16.6 Å². The quantitative estimate of drug-likeness (QED) is 0.811. The molecule has 3 rings (SSSR count). The number of thioether (sulfide) groups is 1. The molecule has 0 bridgehead atoms. The van der Waals surface area contributed by atoms with E-state index in [9.17, 15) is 0 Å². The van der Waals surface area contributed by atoms with Gasteiger partial charge in [-0.3, -0.25) is 4.68 Å². The zero-order chi connectivity index (χ0) is 14.3. The number of hydrogen-bond acceptors (Lipinski definition) is 3. The summed E-state index contributed by atoms with van der Waals surface area (Å²) in [7, 11) is 2.00. The number of rotatable bonds is 3. The highest BCUT2D eigenvalue weighted by Crippen LogP contribution is 2.38. The second-order valence-corrected chi connectivity index (χ2v) is 6.88. The van der Waals surface area contributed by atoms with E-state index in [0.717, 1.165) is 22.7 Å². The maximum atomic E-state index is 6.16. The number of aromatic nitrogens is 4. The molecule has 6 heteroatoms. The van der Waals surface area contributed by atoms with Crippen LogP contribution in [0.1, 0.15) is 43.2 Å². The lowest BCUT2D eigenvalue weighted by Crippen LogP contribution is -2.27. The second kappa shape index (κ2) is 5.60. The van der Waals surface area contributed by atoms with Crippen molar-refractivity contribution < 1.29 is 0 Å². The SMILES string of the molecule is CSC1CCCCC1n1c(CCl)nc2c(C)nn(C)c21. The largest absolute Gasteiger partial charge is 0.308 e. The fraction of sp³-hybridized carbons (Fsp3) is 0.714. The molecule has 2 heterocycles. The molecular weight excluding hydrogens is 292 g/mol. The van der Waals surface area contributed by atoms with E-state index >= 15 is 0 Å². The van der Waals surface area contributed by atoms with E-state index in [2.05, 4.69) is 15.9 Å². The van der Waals surface area contributed by atoms with Crippen LogP contribution in [0.2, 0.25) is 0 Å². The van der Waals surface area contributed by atoms with E-state index < -0.39 is 0 Å². The van der Waals surface area contributed by atoms with Gasteiger partial charge in [0.2, 0.25) is 0 Å². The second-order valence-electron chi connectivity index (χ2n) is 5.54. The third kappa shape index (κ3) is 2.15. The summed E-state index contributed by atoms with van der Waals surface area (Å²) in [5.41, 5.74) is 3.13. The molecular formula is C14H21ClN4S. The van der Waals surface area contributed by atoms with Crippen molar-refractivity contribution in [1.29, 1.82) is 0 Å². The van der Waals surface area contributed by atoms with Gasteiger partial charge in [0.25, 0.3) is 0 Å². The Morgan fingerprint density at radius 3 is 2.80 bits per heavy atom. The molecule has 0 spiro atoms. The fourth-order valence-electron chi connectivity index (χ4n) is 3.43. The molecule has 0 saturated heterocycles. The van der Waals surface area contributed by atoms with Crippen LogP contribution in [0.25, 0.3) is 11.2 Å². The van der Waals surface area contributed by atoms with Gasteiger partial charge in [-0.05, 0) is 26.0 Å². The van der Waals surface area contributed by atoms with Crippen LogP contribution in [-0.4, -0.2) is 30.8 Å². The van der Waals surface area contributed by atoms with Crippen molar-refractivity contribution in [2.24, 2.45) is 7.05 Å². The van der Waals surface area contributed by atoms with E-state index in [1.165, 1.54) is 25.7 Å². The van der Waals surface area contributed by atoms with Crippen LogP contribution in [-0.2, 0) is 12.9 Å². The predicted octanol–water partition coefficient (Wildman–Crippen LogP) is 3.66.